The highest BCUT2D eigenvalue weighted by Crippen LogP contribution is 2.27. The Labute approximate surface area is 119 Å². The third-order valence-electron chi connectivity index (χ3n) is 4.21. The van der Waals surface area contributed by atoms with Gasteiger partial charge in [-0.3, -0.25) is 4.79 Å². The number of amides is 1. The number of aryl methyl sites for hydroxylation is 1. The Morgan fingerprint density at radius 2 is 2.10 bits per heavy atom. The number of rotatable bonds is 4. The average molecular weight is 271 g/mol. The second-order valence-electron chi connectivity index (χ2n) is 5.85. The monoisotopic (exact) mass is 271 g/mol. The normalized spacial score (nSPS) is 15.8. The molecule has 3 nitrogen and oxygen atoms in total. The lowest BCUT2D eigenvalue weighted by atomic mass is 10.0. The van der Waals surface area contributed by atoms with Gasteiger partial charge < -0.3 is 9.73 Å². The second kappa shape index (κ2) is 5.70. The fourth-order valence-electron chi connectivity index (χ4n) is 3.05. The van der Waals surface area contributed by atoms with Gasteiger partial charge in [0, 0.05) is 11.9 Å². The zero-order valence-electron chi connectivity index (χ0n) is 11.9. The first-order chi connectivity index (χ1) is 9.72. The topological polar surface area (TPSA) is 42.2 Å². The summed E-state index contributed by atoms with van der Waals surface area (Å²) in [4.78, 5) is 12.1. The quantitative estimate of drug-likeness (QED) is 0.911. The van der Waals surface area contributed by atoms with Gasteiger partial charge in [-0.05, 0) is 37.5 Å². The highest BCUT2D eigenvalue weighted by atomic mass is 16.3. The van der Waals surface area contributed by atoms with Gasteiger partial charge >= 0.3 is 0 Å². The first-order valence-electron chi connectivity index (χ1n) is 7.51. The maximum Gasteiger partial charge on any atom is 0.287 e. The van der Waals surface area contributed by atoms with Crippen LogP contribution in [0.15, 0.2) is 28.7 Å². The number of benzene rings is 1. The minimum absolute atomic E-state index is 0.100. The van der Waals surface area contributed by atoms with Crippen LogP contribution < -0.4 is 5.32 Å². The van der Waals surface area contributed by atoms with Gasteiger partial charge in [-0.2, -0.15) is 0 Å². The van der Waals surface area contributed by atoms with Crippen molar-refractivity contribution in [3.8, 4) is 0 Å². The van der Waals surface area contributed by atoms with Crippen LogP contribution in [0.1, 0.15) is 48.2 Å². The summed E-state index contributed by atoms with van der Waals surface area (Å²) in [7, 11) is 0. The van der Waals surface area contributed by atoms with Gasteiger partial charge in [0.05, 0.1) is 0 Å². The number of furan rings is 1. The maximum atomic E-state index is 12.1. The van der Waals surface area contributed by atoms with Crippen LogP contribution in [0.5, 0.6) is 0 Å². The van der Waals surface area contributed by atoms with Gasteiger partial charge in [0.1, 0.15) is 5.58 Å². The van der Waals surface area contributed by atoms with Gasteiger partial charge in [-0.25, -0.2) is 0 Å². The zero-order valence-corrected chi connectivity index (χ0v) is 11.9. The Balaban J connectivity index is 1.60. The van der Waals surface area contributed by atoms with Gasteiger partial charge in [-0.1, -0.05) is 37.3 Å². The van der Waals surface area contributed by atoms with E-state index in [0.717, 1.165) is 29.9 Å². The van der Waals surface area contributed by atoms with Crippen molar-refractivity contribution >= 4 is 16.9 Å². The molecule has 0 unspecified atom stereocenters. The summed E-state index contributed by atoms with van der Waals surface area (Å²) in [6.07, 6.45) is 6.42. The Kier molecular flexibility index (Phi) is 3.77. The molecule has 0 bridgehead atoms. The largest absolute Gasteiger partial charge is 0.451 e. The second-order valence-corrected chi connectivity index (χ2v) is 5.85. The molecule has 0 saturated heterocycles. The summed E-state index contributed by atoms with van der Waals surface area (Å²) in [5, 5.41) is 3.96. The summed E-state index contributed by atoms with van der Waals surface area (Å²) in [6.45, 7) is 2.79. The van der Waals surface area contributed by atoms with Crippen LogP contribution in [-0.2, 0) is 0 Å². The van der Waals surface area contributed by atoms with E-state index in [4.69, 9.17) is 4.42 Å². The van der Waals surface area contributed by atoms with Crippen molar-refractivity contribution in [1.82, 2.24) is 5.32 Å². The predicted octanol–water partition coefficient (Wildman–Crippen LogP) is 4.05. The fourth-order valence-corrected chi connectivity index (χ4v) is 3.05. The van der Waals surface area contributed by atoms with Crippen molar-refractivity contribution in [3.05, 3.63) is 35.6 Å². The van der Waals surface area contributed by atoms with Crippen LogP contribution in [0, 0.1) is 12.8 Å². The van der Waals surface area contributed by atoms with Crippen molar-refractivity contribution in [2.24, 2.45) is 5.92 Å². The predicted molar refractivity (Wildman–Crippen MR) is 79.9 cm³/mol. The van der Waals surface area contributed by atoms with Crippen LogP contribution in [-0.4, -0.2) is 12.5 Å². The highest BCUT2D eigenvalue weighted by molar-refractivity contribution is 5.96. The molecule has 20 heavy (non-hydrogen) atoms. The highest BCUT2D eigenvalue weighted by Gasteiger charge is 2.16. The van der Waals surface area contributed by atoms with Crippen molar-refractivity contribution in [3.63, 3.8) is 0 Å². The first-order valence-corrected chi connectivity index (χ1v) is 7.51. The van der Waals surface area contributed by atoms with Crippen molar-refractivity contribution in [1.29, 1.82) is 0 Å². The Morgan fingerprint density at radius 3 is 2.90 bits per heavy atom. The molecule has 1 aromatic heterocycles. The number of carbonyl (C=O) groups excluding carboxylic acids is 1. The molecule has 0 atom stereocenters. The minimum atomic E-state index is -0.100. The number of fused-ring (bicyclic) bond motifs is 1. The van der Waals surface area contributed by atoms with E-state index in [1.165, 1.54) is 31.2 Å². The summed E-state index contributed by atoms with van der Waals surface area (Å²) in [6, 6.07) is 7.77. The molecule has 1 heterocycles. The van der Waals surface area contributed by atoms with Crippen molar-refractivity contribution < 1.29 is 9.21 Å². The lowest BCUT2D eigenvalue weighted by Gasteiger charge is -2.08. The van der Waals surface area contributed by atoms with E-state index in [0.29, 0.717) is 5.76 Å². The molecule has 3 heteroatoms. The molecule has 1 aliphatic carbocycles. The van der Waals surface area contributed by atoms with Gasteiger partial charge in [-0.15, -0.1) is 0 Å². The molecular weight excluding hydrogens is 250 g/mol. The van der Waals surface area contributed by atoms with E-state index in [2.05, 4.69) is 5.32 Å². The molecule has 1 amide bonds. The zero-order chi connectivity index (χ0) is 13.9. The molecule has 0 aliphatic heterocycles. The molecule has 1 fully saturated rings. The summed E-state index contributed by atoms with van der Waals surface area (Å²) >= 11 is 0. The molecule has 0 spiro atoms. The summed E-state index contributed by atoms with van der Waals surface area (Å²) < 4.78 is 5.60. The number of nitrogens with one attached hydrogen (secondary N) is 1. The summed E-state index contributed by atoms with van der Waals surface area (Å²) in [5.41, 5.74) is 1.95. The lowest BCUT2D eigenvalue weighted by Crippen LogP contribution is -2.25. The first kappa shape index (κ1) is 13.2. The van der Waals surface area contributed by atoms with Crippen molar-refractivity contribution in [2.75, 3.05) is 6.54 Å². The molecule has 3 rings (SSSR count). The molecule has 1 aliphatic rings. The Bertz CT molecular complexity index is 608. The van der Waals surface area contributed by atoms with Gasteiger partial charge in [0.25, 0.3) is 5.91 Å². The van der Waals surface area contributed by atoms with E-state index in [1.807, 2.05) is 31.2 Å². The molecule has 1 aromatic carbocycles. The number of hydrogen-bond acceptors (Lipinski definition) is 2. The molecule has 2 aromatic rings. The van der Waals surface area contributed by atoms with E-state index >= 15 is 0 Å². The van der Waals surface area contributed by atoms with Gasteiger partial charge in [0.15, 0.2) is 5.76 Å². The maximum absolute atomic E-state index is 12.1. The standard InChI is InChI=1S/C17H21NO2/c1-12-6-7-15-14(10-12)11-16(20-15)17(19)18-9-8-13-4-2-3-5-13/h6-7,10-11,13H,2-5,8-9H2,1H3,(H,18,19). The average Bonchev–Trinajstić information content (AvgIpc) is 3.06. The van der Waals surface area contributed by atoms with E-state index in [-0.39, 0.29) is 5.91 Å². The molecule has 1 saturated carbocycles. The van der Waals surface area contributed by atoms with Crippen LogP contribution in [0.2, 0.25) is 0 Å². The third kappa shape index (κ3) is 2.87. The van der Waals surface area contributed by atoms with Crippen molar-refractivity contribution in [2.45, 2.75) is 39.0 Å². The van der Waals surface area contributed by atoms with Gasteiger partial charge in [0.2, 0.25) is 0 Å². The van der Waals surface area contributed by atoms with Crippen LogP contribution in [0.25, 0.3) is 11.0 Å². The van der Waals surface area contributed by atoms with E-state index in [1.54, 1.807) is 0 Å². The van der Waals surface area contributed by atoms with Crippen LogP contribution >= 0.6 is 0 Å². The van der Waals surface area contributed by atoms with Crippen LogP contribution in [0.4, 0.5) is 0 Å². The number of carbonyl (C=O) groups is 1. The SMILES string of the molecule is Cc1ccc2oc(C(=O)NCCC3CCCC3)cc2c1. The summed E-state index contributed by atoms with van der Waals surface area (Å²) in [5.74, 6) is 1.11. The number of hydrogen-bond donors (Lipinski definition) is 1. The van der Waals surface area contributed by atoms with E-state index in [9.17, 15) is 4.79 Å². The third-order valence-corrected chi connectivity index (χ3v) is 4.21. The van der Waals surface area contributed by atoms with Crippen LogP contribution in [0.3, 0.4) is 0 Å². The minimum Gasteiger partial charge on any atom is -0.451 e. The Hall–Kier alpha value is -1.77. The smallest absolute Gasteiger partial charge is 0.287 e. The Morgan fingerprint density at radius 1 is 1.30 bits per heavy atom. The molecule has 1 N–H and O–H groups in total. The lowest BCUT2D eigenvalue weighted by molar-refractivity contribution is 0.0926. The molecule has 0 radical (unpaired) electrons. The molecular formula is C17H21NO2. The molecule has 106 valence electrons. The van der Waals surface area contributed by atoms with E-state index < -0.39 is 0 Å². The fraction of sp³-hybridized carbons (Fsp3) is 0.471.